The molecule has 0 aromatic rings. The predicted octanol–water partition coefficient (Wildman–Crippen LogP) is 19.4. The maximum atomic E-state index is 12.9. The lowest BCUT2D eigenvalue weighted by Gasteiger charge is -2.18. The highest BCUT2D eigenvalue weighted by atomic mass is 16.6. The average Bonchev–Trinajstić information content (AvgIpc) is 3.34. The molecule has 6 heteroatoms. The second-order valence-electron chi connectivity index (χ2n) is 19.2. The monoisotopic (exact) mass is 949 g/mol. The van der Waals surface area contributed by atoms with Gasteiger partial charge in [0.2, 0.25) is 0 Å². The summed E-state index contributed by atoms with van der Waals surface area (Å²) in [5, 5.41) is 0. The molecule has 6 nitrogen and oxygen atoms in total. The first-order valence-electron chi connectivity index (χ1n) is 28.9. The molecule has 0 aliphatic heterocycles. The van der Waals surface area contributed by atoms with E-state index in [0.29, 0.717) is 19.3 Å². The molecule has 0 aliphatic carbocycles. The van der Waals surface area contributed by atoms with Gasteiger partial charge < -0.3 is 14.2 Å². The van der Waals surface area contributed by atoms with Crippen LogP contribution in [0, 0.1) is 0 Å². The standard InChI is InChI=1S/C62H108O6/c1-4-7-10-13-16-19-22-25-28-30-32-34-37-40-43-46-49-52-55-61(64)67-58-59(57-66-60(63)54-51-48-45-42-39-36-33-27-24-21-18-15-12-9-6-3)68-62(65)56-53-50-47-44-41-38-35-31-29-26-23-20-17-14-11-8-5-2/h8,11,17,19-20,22,26,28-30,35,38,59H,4-7,9-10,12-16,18,21,23-25,27,31-34,36-37,39-58H2,1-3H3/b11-8-,20-17-,22-19-,29-26-,30-28-,38-35-. The van der Waals surface area contributed by atoms with Gasteiger partial charge in [-0.05, 0) is 89.9 Å². The van der Waals surface area contributed by atoms with Crippen molar-refractivity contribution in [2.75, 3.05) is 13.2 Å². The Bertz CT molecular complexity index is 1270. The van der Waals surface area contributed by atoms with Gasteiger partial charge in [0, 0.05) is 19.3 Å². The third-order valence-electron chi connectivity index (χ3n) is 12.4. The van der Waals surface area contributed by atoms with Crippen LogP contribution in [0.2, 0.25) is 0 Å². The molecule has 0 aromatic heterocycles. The summed E-state index contributed by atoms with van der Waals surface area (Å²) in [5.41, 5.74) is 0. The predicted molar refractivity (Wildman–Crippen MR) is 293 cm³/mol. The number of unbranched alkanes of at least 4 members (excludes halogenated alkanes) is 29. The van der Waals surface area contributed by atoms with Gasteiger partial charge in [0.15, 0.2) is 6.10 Å². The second-order valence-corrected chi connectivity index (χ2v) is 19.2. The maximum Gasteiger partial charge on any atom is 0.306 e. The summed E-state index contributed by atoms with van der Waals surface area (Å²) >= 11 is 0. The Morgan fingerprint density at radius 3 is 0.912 bits per heavy atom. The van der Waals surface area contributed by atoms with Crippen LogP contribution in [0.5, 0.6) is 0 Å². The van der Waals surface area contributed by atoms with Gasteiger partial charge in [-0.3, -0.25) is 14.4 Å². The molecule has 0 bridgehead atoms. The molecule has 0 radical (unpaired) electrons. The lowest BCUT2D eigenvalue weighted by atomic mass is 10.0. The molecule has 68 heavy (non-hydrogen) atoms. The minimum atomic E-state index is -0.791. The molecule has 0 N–H and O–H groups in total. The Kier molecular flexibility index (Phi) is 53.8. The highest BCUT2D eigenvalue weighted by Gasteiger charge is 2.19. The van der Waals surface area contributed by atoms with Crippen molar-refractivity contribution < 1.29 is 28.6 Å². The van der Waals surface area contributed by atoms with Gasteiger partial charge in [-0.1, -0.05) is 248 Å². The van der Waals surface area contributed by atoms with Gasteiger partial charge in [-0.2, -0.15) is 0 Å². The Balaban J connectivity index is 4.42. The third-order valence-corrected chi connectivity index (χ3v) is 12.4. The van der Waals surface area contributed by atoms with Crippen molar-refractivity contribution in [3.05, 3.63) is 72.9 Å². The Morgan fingerprint density at radius 2 is 0.574 bits per heavy atom. The first-order chi connectivity index (χ1) is 33.5. The molecule has 0 rings (SSSR count). The van der Waals surface area contributed by atoms with E-state index in [1.165, 1.54) is 135 Å². The lowest BCUT2D eigenvalue weighted by Crippen LogP contribution is -2.30. The van der Waals surface area contributed by atoms with E-state index in [2.05, 4.69) is 93.7 Å². The molecule has 0 aliphatic rings. The van der Waals surface area contributed by atoms with E-state index in [4.69, 9.17) is 14.2 Å². The van der Waals surface area contributed by atoms with Gasteiger partial charge in [-0.25, -0.2) is 0 Å². The molecule has 1 atom stereocenters. The van der Waals surface area contributed by atoms with Gasteiger partial charge in [0.25, 0.3) is 0 Å². The van der Waals surface area contributed by atoms with Crippen LogP contribution in [0.25, 0.3) is 0 Å². The number of ether oxygens (including phenoxy) is 3. The first-order valence-corrected chi connectivity index (χ1v) is 28.9. The smallest absolute Gasteiger partial charge is 0.306 e. The zero-order chi connectivity index (χ0) is 49.3. The molecular formula is C62H108O6. The van der Waals surface area contributed by atoms with E-state index in [-0.39, 0.29) is 31.1 Å². The minimum Gasteiger partial charge on any atom is -0.462 e. The van der Waals surface area contributed by atoms with Crippen LogP contribution in [0.1, 0.15) is 284 Å². The summed E-state index contributed by atoms with van der Waals surface area (Å²) in [7, 11) is 0. The zero-order valence-corrected chi connectivity index (χ0v) is 44.9. The van der Waals surface area contributed by atoms with Crippen molar-refractivity contribution in [3.63, 3.8) is 0 Å². The highest BCUT2D eigenvalue weighted by molar-refractivity contribution is 5.71. The number of hydrogen-bond acceptors (Lipinski definition) is 6. The molecule has 0 saturated heterocycles. The van der Waals surface area contributed by atoms with Crippen molar-refractivity contribution >= 4 is 17.9 Å². The van der Waals surface area contributed by atoms with Crippen LogP contribution >= 0.6 is 0 Å². The summed E-state index contributed by atoms with van der Waals surface area (Å²) in [6.07, 6.45) is 71.7. The normalized spacial score (nSPS) is 12.6. The number of hydrogen-bond donors (Lipinski definition) is 0. The summed E-state index contributed by atoms with van der Waals surface area (Å²) in [6.45, 7) is 6.51. The minimum absolute atomic E-state index is 0.0858. The van der Waals surface area contributed by atoms with Gasteiger partial charge >= 0.3 is 17.9 Å². The van der Waals surface area contributed by atoms with Crippen molar-refractivity contribution in [2.45, 2.75) is 290 Å². The molecule has 0 aromatic carbocycles. The third kappa shape index (κ3) is 53.8. The molecule has 0 fully saturated rings. The van der Waals surface area contributed by atoms with E-state index < -0.39 is 6.10 Å². The van der Waals surface area contributed by atoms with E-state index in [1.54, 1.807) is 0 Å². The van der Waals surface area contributed by atoms with Gasteiger partial charge in [0.1, 0.15) is 13.2 Å². The highest BCUT2D eigenvalue weighted by Crippen LogP contribution is 2.16. The summed E-state index contributed by atoms with van der Waals surface area (Å²) in [4.78, 5) is 38.2. The molecule has 0 saturated carbocycles. The van der Waals surface area contributed by atoms with E-state index in [9.17, 15) is 14.4 Å². The van der Waals surface area contributed by atoms with E-state index in [0.717, 1.165) is 109 Å². The van der Waals surface area contributed by atoms with Crippen LogP contribution in [-0.2, 0) is 28.6 Å². The summed E-state index contributed by atoms with van der Waals surface area (Å²) < 4.78 is 16.9. The molecular weight excluding hydrogens is 841 g/mol. The largest absolute Gasteiger partial charge is 0.462 e. The average molecular weight is 950 g/mol. The quantitative estimate of drug-likeness (QED) is 0.0262. The fourth-order valence-electron chi connectivity index (χ4n) is 8.11. The van der Waals surface area contributed by atoms with Crippen molar-refractivity contribution in [1.82, 2.24) is 0 Å². The molecule has 0 spiro atoms. The molecule has 0 amide bonds. The van der Waals surface area contributed by atoms with Crippen LogP contribution < -0.4 is 0 Å². The van der Waals surface area contributed by atoms with Crippen LogP contribution in [0.3, 0.4) is 0 Å². The maximum absolute atomic E-state index is 12.9. The van der Waals surface area contributed by atoms with Crippen molar-refractivity contribution in [1.29, 1.82) is 0 Å². The number of esters is 3. The first kappa shape index (κ1) is 64.8. The van der Waals surface area contributed by atoms with Crippen molar-refractivity contribution in [3.8, 4) is 0 Å². The summed E-state index contributed by atoms with van der Waals surface area (Å²) in [5.74, 6) is -0.908. The Hall–Kier alpha value is -3.15. The number of allylic oxidation sites excluding steroid dienone is 12. The lowest BCUT2D eigenvalue weighted by molar-refractivity contribution is -0.167. The molecule has 392 valence electrons. The summed E-state index contributed by atoms with van der Waals surface area (Å²) in [6, 6.07) is 0. The van der Waals surface area contributed by atoms with Crippen LogP contribution in [0.4, 0.5) is 0 Å². The van der Waals surface area contributed by atoms with Crippen molar-refractivity contribution in [2.24, 2.45) is 0 Å². The molecule has 0 heterocycles. The Morgan fingerprint density at radius 1 is 0.309 bits per heavy atom. The molecule has 1 unspecified atom stereocenters. The fourth-order valence-corrected chi connectivity index (χ4v) is 8.11. The van der Waals surface area contributed by atoms with Gasteiger partial charge in [-0.15, -0.1) is 0 Å². The van der Waals surface area contributed by atoms with E-state index >= 15 is 0 Å². The SMILES string of the molecule is CC/C=C\C/C=C\C/C=C\C/C=C\CCCCCCC(=O)OC(COC(=O)CCCCCCCCC/C=C\C/C=C\CCCCCC)COC(=O)CCCCCCCCCCCCCCCCC. The number of carbonyl (C=O) groups excluding carboxylic acids is 3. The van der Waals surface area contributed by atoms with Crippen LogP contribution in [0.15, 0.2) is 72.9 Å². The second kappa shape index (κ2) is 56.4. The fraction of sp³-hybridized carbons (Fsp3) is 0.758. The zero-order valence-electron chi connectivity index (χ0n) is 44.9. The number of rotatable bonds is 52. The van der Waals surface area contributed by atoms with Crippen LogP contribution in [-0.4, -0.2) is 37.2 Å². The van der Waals surface area contributed by atoms with Gasteiger partial charge in [0.05, 0.1) is 0 Å². The Labute approximate surface area is 421 Å². The van der Waals surface area contributed by atoms with E-state index in [1.807, 2.05) is 0 Å². The number of carbonyl (C=O) groups is 3. The topological polar surface area (TPSA) is 78.9 Å².